The topological polar surface area (TPSA) is 26.3 Å². The van der Waals surface area contributed by atoms with E-state index in [1.807, 2.05) is 0 Å². The number of allylic oxidation sites excluding steroid dienone is 11. The molecule has 40 heavy (non-hydrogen) atoms. The van der Waals surface area contributed by atoms with Crippen molar-refractivity contribution in [3.63, 3.8) is 0 Å². The van der Waals surface area contributed by atoms with Crippen molar-refractivity contribution in [2.45, 2.75) is 157 Å². The van der Waals surface area contributed by atoms with Crippen LogP contribution in [0, 0.1) is 0 Å². The summed E-state index contributed by atoms with van der Waals surface area (Å²) < 4.78 is 5.42. The van der Waals surface area contributed by atoms with Gasteiger partial charge in [-0.05, 0) is 118 Å². The predicted molar refractivity (Wildman–Crippen MR) is 179 cm³/mol. The highest BCUT2D eigenvalue weighted by Gasteiger charge is 2.02. The SMILES string of the molecule is CCCCCC=CCC=CCCCCCCCC(=O)OCC=C(C)CCC=C(C)CCC=C(C)CCC=C(C)C. The fraction of sp³-hybridized carbons (Fsp3) is 0.658. The highest BCUT2D eigenvalue weighted by atomic mass is 16.5. The van der Waals surface area contributed by atoms with Crippen LogP contribution in [0.1, 0.15) is 157 Å². The monoisotopic (exact) mass is 552 g/mol. The second-order valence-corrected chi connectivity index (χ2v) is 11.7. The summed E-state index contributed by atoms with van der Waals surface area (Å²) in [6, 6.07) is 0. The zero-order valence-electron chi connectivity index (χ0n) is 27.4. The van der Waals surface area contributed by atoms with Crippen LogP contribution in [-0.2, 0) is 9.53 Å². The maximum atomic E-state index is 12.0. The van der Waals surface area contributed by atoms with Gasteiger partial charge >= 0.3 is 5.97 Å². The van der Waals surface area contributed by atoms with Crippen LogP contribution in [0.25, 0.3) is 0 Å². The van der Waals surface area contributed by atoms with Crippen LogP contribution in [-0.4, -0.2) is 12.6 Å². The van der Waals surface area contributed by atoms with Gasteiger partial charge in [0.05, 0.1) is 0 Å². The number of esters is 1. The Morgan fingerprint density at radius 2 is 1.02 bits per heavy atom. The summed E-state index contributed by atoms with van der Waals surface area (Å²) in [7, 11) is 0. The molecule has 0 N–H and O–H groups in total. The zero-order chi connectivity index (χ0) is 29.7. The molecular weight excluding hydrogens is 488 g/mol. The molecule has 0 aromatic carbocycles. The van der Waals surface area contributed by atoms with E-state index in [1.165, 1.54) is 80.1 Å². The van der Waals surface area contributed by atoms with E-state index < -0.39 is 0 Å². The second kappa shape index (κ2) is 28.4. The molecule has 0 amide bonds. The van der Waals surface area contributed by atoms with Crippen molar-refractivity contribution < 1.29 is 9.53 Å². The molecule has 228 valence electrons. The van der Waals surface area contributed by atoms with Crippen molar-refractivity contribution >= 4 is 5.97 Å². The molecule has 0 aliphatic heterocycles. The van der Waals surface area contributed by atoms with Crippen LogP contribution in [0.5, 0.6) is 0 Å². The smallest absolute Gasteiger partial charge is 0.306 e. The van der Waals surface area contributed by atoms with Crippen molar-refractivity contribution in [2.75, 3.05) is 6.61 Å². The van der Waals surface area contributed by atoms with Gasteiger partial charge in [-0.2, -0.15) is 0 Å². The first kappa shape index (κ1) is 37.9. The van der Waals surface area contributed by atoms with Crippen LogP contribution in [0.15, 0.2) is 70.9 Å². The average Bonchev–Trinajstić information content (AvgIpc) is 2.90. The van der Waals surface area contributed by atoms with E-state index >= 15 is 0 Å². The van der Waals surface area contributed by atoms with Gasteiger partial charge in [-0.3, -0.25) is 4.79 Å². The highest BCUT2D eigenvalue weighted by molar-refractivity contribution is 5.69. The number of hydrogen-bond donors (Lipinski definition) is 0. The molecule has 0 aromatic rings. The van der Waals surface area contributed by atoms with E-state index in [9.17, 15) is 4.79 Å². The van der Waals surface area contributed by atoms with Gasteiger partial charge < -0.3 is 4.74 Å². The van der Waals surface area contributed by atoms with Crippen molar-refractivity contribution in [1.82, 2.24) is 0 Å². The minimum absolute atomic E-state index is 0.0605. The summed E-state index contributed by atoms with van der Waals surface area (Å²) in [4.78, 5) is 12.0. The Hall–Kier alpha value is -2.09. The molecule has 0 bridgehead atoms. The molecule has 0 fully saturated rings. The molecule has 2 nitrogen and oxygen atoms in total. The van der Waals surface area contributed by atoms with E-state index in [0.29, 0.717) is 13.0 Å². The van der Waals surface area contributed by atoms with Gasteiger partial charge in [-0.25, -0.2) is 0 Å². The van der Waals surface area contributed by atoms with E-state index in [-0.39, 0.29) is 5.97 Å². The summed E-state index contributed by atoms with van der Waals surface area (Å²) >= 11 is 0. The molecular formula is C38H64O2. The molecule has 0 aromatic heterocycles. The number of carbonyl (C=O) groups is 1. The molecule has 0 aliphatic carbocycles. The van der Waals surface area contributed by atoms with Gasteiger partial charge in [0.15, 0.2) is 0 Å². The second-order valence-electron chi connectivity index (χ2n) is 11.7. The van der Waals surface area contributed by atoms with Crippen LogP contribution >= 0.6 is 0 Å². The van der Waals surface area contributed by atoms with Crippen LogP contribution < -0.4 is 0 Å². The van der Waals surface area contributed by atoms with Gasteiger partial charge in [0.2, 0.25) is 0 Å². The number of hydrogen-bond acceptors (Lipinski definition) is 2. The number of carbonyl (C=O) groups excluding carboxylic acids is 1. The molecule has 0 radical (unpaired) electrons. The quantitative estimate of drug-likeness (QED) is 0.0639. The fourth-order valence-electron chi connectivity index (χ4n) is 4.42. The number of ether oxygens (including phenoxy) is 1. The summed E-state index contributed by atoms with van der Waals surface area (Å²) in [5.41, 5.74) is 5.66. The molecule has 0 heterocycles. The molecule has 0 saturated carbocycles. The summed E-state index contributed by atoms with van der Waals surface area (Å²) in [6.07, 6.45) is 38.7. The van der Waals surface area contributed by atoms with Crippen LogP contribution in [0.3, 0.4) is 0 Å². The third kappa shape index (κ3) is 28.9. The van der Waals surface area contributed by atoms with Crippen LogP contribution in [0.2, 0.25) is 0 Å². The fourth-order valence-corrected chi connectivity index (χ4v) is 4.42. The van der Waals surface area contributed by atoms with E-state index in [1.54, 1.807) is 0 Å². The van der Waals surface area contributed by atoms with Gasteiger partial charge in [-0.15, -0.1) is 0 Å². The molecule has 0 spiro atoms. The Bertz CT molecular complexity index is 799. The first-order valence-electron chi connectivity index (χ1n) is 16.4. The molecule has 0 aliphatic rings. The van der Waals surface area contributed by atoms with Crippen molar-refractivity contribution in [1.29, 1.82) is 0 Å². The molecule has 0 rings (SSSR count). The first-order chi connectivity index (χ1) is 19.3. The summed E-state index contributed by atoms with van der Waals surface area (Å²) in [5, 5.41) is 0. The summed E-state index contributed by atoms with van der Waals surface area (Å²) in [6.45, 7) is 13.6. The molecule has 0 atom stereocenters. The van der Waals surface area contributed by atoms with Crippen molar-refractivity contribution in [3.8, 4) is 0 Å². The third-order valence-electron chi connectivity index (χ3n) is 7.16. The summed E-state index contributed by atoms with van der Waals surface area (Å²) in [5.74, 6) is -0.0605. The standard InChI is InChI=1S/C38H64O2/c1-7-8-9-10-11-12-13-14-15-16-17-18-19-20-21-31-38(39)40-33-32-37(6)30-24-29-36(5)28-23-27-35(4)26-22-25-34(2)3/h11-12,14-15,25,27,29,32H,7-10,13,16-24,26,28,30-31,33H2,1-6H3. The molecule has 2 heteroatoms. The molecule has 0 unspecified atom stereocenters. The lowest BCUT2D eigenvalue weighted by atomic mass is 10.0. The zero-order valence-corrected chi connectivity index (χ0v) is 27.4. The van der Waals surface area contributed by atoms with Gasteiger partial charge in [0.25, 0.3) is 0 Å². The largest absolute Gasteiger partial charge is 0.461 e. The Morgan fingerprint density at radius 3 is 1.60 bits per heavy atom. The lowest BCUT2D eigenvalue weighted by molar-refractivity contribution is -0.142. The van der Waals surface area contributed by atoms with E-state index in [4.69, 9.17) is 4.74 Å². The maximum absolute atomic E-state index is 12.0. The first-order valence-corrected chi connectivity index (χ1v) is 16.4. The van der Waals surface area contributed by atoms with Crippen molar-refractivity contribution in [2.24, 2.45) is 0 Å². The molecule has 0 saturated heterocycles. The van der Waals surface area contributed by atoms with Crippen LogP contribution in [0.4, 0.5) is 0 Å². The van der Waals surface area contributed by atoms with Gasteiger partial charge in [-0.1, -0.05) is 104 Å². The Labute approximate surface area is 249 Å². The highest BCUT2D eigenvalue weighted by Crippen LogP contribution is 2.14. The Kier molecular flexibility index (Phi) is 27.0. The minimum Gasteiger partial charge on any atom is -0.461 e. The number of rotatable bonds is 25. The van der Waals surface area contributed by atoms with E-state index in [2.05, 4.69) is 90.2 Å². The normalized spacial score (nSPS) is 13.0. The maximum Gasteiger partial charge on any atom is 0.306 e. The predicted octanol–water partition coefficient (Wildman–Crippen LogP) is 12.5. The van der Waals surface area contributed by atoms with E-state index in [0.717, 1.165) is 51.4 Å². The lowest BCUT2D eigenvalue weighted by Crippen LogP contribution is -2.04. The van der Waals surface area contributed by atoms with Gasteiger partial charge in [0.1, 0.15) is 6.61 Å². The Morgan fingerprint density at radius 1 is 0.525 bits per heavy atom. The Balaban J connectivity index is 3.75. The minimum atomic E-state index is -0.0605. The average molecular weight is 553 g/mol. The van der Waals surface area contributed by atoms with Crippen molar-refractivity contribution in [3.05, 3.63) is 70.9 Å². The number of unbranched alkanes of at least 4 members (excludes halogenated alkanes) is 8. The van der Waals surface area contributed by atoms with Gasteiger partial charge in [0, 0.05) is 6.42 Å². The third-order valence-corrected chi connectivity index (χ3v) is 7.16. The lowest BCUT2D eigenvalue weighted by Gasteiger charge is -2.04.